The summed E-state index contributed by atoms with van der Waals surface area (Å²) in [6.07, 6.45) is 0.873. The maximum atomic E-state index is 6.24. The molecule has 0 radical (unpaired) electrons. The van der Waals surface area contributed by atoms with E-state index < -0.39 is 0 Å². The number of nitrogens with zero attached hydrogens (tertiary/aromatic N) is 2. The molecule has 0 saturated carbocycles. The van der Waals surface area contributed by atoms with Crippen LogP contribution >= 0.6 is 11.9 Å². The minimum absolute atomic E-state index is 0.500. The van der Waals surface area contributed by atoms with Crippen molar-refractivity contribution in [1.82, 2.24) is 10.1 Å². The number of aromatic nitrogens is 2. The molecule has 0 amide bonds. The van der Waals surface area contributed by atoms with Gasteiger partial charge in [-0.2, -0.15) is 0 Å². The van der Waals surface area contributed by atoms with Gasteiger partial charge in [-0.25, -0.2) is 0 Å². The van der Waals surface area contributed by atoms with Crippen LogP contribution in [-0.4, -0.2) is 10.1 Å². The maximum Gasteiger partial charge on any atom is 0.234 e. The Kier molecular flexibility index (Phi) is 6.49. The topological polar surface area (TPSA) is 60.2 Å². The van der Waals surface area contributed by atoms with Crippen LogP contribution in [0.4, 0.5) is 5.88 Å². The standard InChI is InChI=1S/C28H25N3O2S/c1-3-22-17-26(24-9-4-6-10-25(24)29-22)32-18-20-12-14-21(15-13-20)23-8-5-7-11-27(23)34-31-28-16-19(2)30-33-28/h4-17,31H,3,18H2,1-2H3. The molecular weight excluding hydrogens is 442 g/mol. The molecular formula is C28H25N3O2S. The van der Waals surface area contributed by atoms with Gasteiger partial charge in [-0.15, -0.1) is 0 Å². The largest absolute Gasteiger partial charge is 0.488 e. The van der Waals surface area contributed by atoms with Crippen molar-refractivity contribution in [3.63, 3.8) is 0 Å². The first-order valence-corrected chi connectivity index (χ1v) is 12.1. The van der Waals surface area contributed by atoms with Crippen LogP contribution in [0.1, 0.15) is 23.9 Å². The highest BCUT2D eigenvalue weighted by Gasteiger charge is 2.09. The predicted octanol–water partition coefficient (Wildman–Crippen LogP) is 7.46. The monoisotopic (exact) mass is 467 g/mol. The molecule has 0 unspecified atom stereocenters. The molecule has 5 nitrogen and oxygen atoms in total. The Morgan fingerprint density at radius 1 is 0.941 bits per heavy atom. The number of anilines is 1. The molecule has 5 rings (SSSR count). The Bertz CT molecular complexity index is 1410. The van der Waals surface area contributed by atoms with Crippen LogP contribution in [0.5, 0.6) is 5.75 Å². The maximum absolute atomic E-state index is 6.24. The predicted molar refractivity (Wildman–Crippen MR) is 138 cm³/mol. The molecule has 5 aromatic rings. The molecule has 0 fully saturated rings. The molecule has 0 atom stereocenters. The minimum Gasteiger partial charge on any atom is -0.488 e. The second kappa shape index (κ2) is 10.0. The number of hydrogen-bond acceptors (Lipinski definition) is 6. The molecule has 0 bridgehead atoms. The van der Waals surface area contributed by atoms with E-state index in [2.05, 4.69) is 65.3 Å². The number of pyridine rings is 1. The van der Waals surface area contributed by atoms with Gasteiger partial charge in [0.15, 0.2) is 0 Å². The summed E-state index contributed by atoms with van der Waals surface area (Å²) in [5, 5.41) is 4.96. The highest BCUT2D eigenvalue weighted by Crippen LogP contribution is 2.33. The quantitative estimate of drug-likeness (QED) is 0.239. The van der Waals surface area contributed by atoms with Gasteiger partial charge < -0.3 is 9.26 Å². The first kappa shape index (κ1) is 22.0. The van der Waals surface area contributed by atoms with E-state index in [1.165, 1.54) is 11.9 Å². The van der Waals surface area contributed by atoms with Crippen molar-refractivity contribution in [3.05, 3.63) is 102 Å². The third kappa shape index (κ3) is 4.92. The average Bonchev–Trinajstić information content (AvgIpc) is 3.31. The zero-order valence-corrected chi connectivity index (χ0v) is 19.9. The summed E-state index contributed by atoms with van der Waals surface area (Å²) in [5.74, 6) is 1.52. The number of aryl methyl sites for hydroxylation is 2. The fraction of sp³-hybridized carbons (Fsp3) is 0.143. The summed E-state index contributed by atoms with van der Waals surface area (Å²) < 4.78 is 14.7. The van der Waals surface area contributed by atoms with Crippen LogP contribution in [0.15, 0.2) is 94.3 Å². The van der Waals surface area contributed by atoms with Crippen molar-refractivity contribution in [2.45, 2.75) is 31.8 Å². The second-order valence-electron chi connectivity index (χ2n) is 8.00. The summed E-state index contributed by atoms with van der Waals surface area (Å²) >= 11 is 1.51. The zero-order valence-electron chi connectivity index (χ0n) is 19.1. The van der Waals surface area contributed by atoms with Crippen LogP contribution in [0.3, 0.4) is 0 Å². The lowest BCUT2D eigenvalue weighted by molar-refractivity contribution is 0.309. The van der Waals surface area contributed by atoms with Gasteiger partial charge >= 0.3 is 0 Å². The number of para-hydroxylation sites is 1. The summed E-state index contributed by atoms with van der Waals surface area (Å²) in [6, 6.07) is 28.9. The van der Waals surface area contributed by atoms with Crippen LogP contribution < -0.4 is 9.46 Å². The van der Waals surface area contributed by atoms with Crippen LogP contribution in [0, 0.1) is 6.92 Å². The Morgan fingerprint density at radius 2 is 1.74 bits per heavy atom. The molecule has 3 aromatic carbocycles. The summed E-state index contributed by atoms with van der Waals surface area (Å²) in [5.41, 5.74) is 6.26. The smallest absolute Gasteiger partial charge is 0.234 e. The average molecular weight is 468 g/mol. The summed E-state index contributed by atoms with van der Waals surface area (Å²) in [7, 11) is 0. The molecule has 34 heavy (non-hydrogen) atoms. The number of benzene rings is 3. The third-order valence-corrected chi connectivity index (χ3v) is 6.41. The van der Waals surface area contributed by atoms with Gasteiger partial charge in [0.2, 0.25) is 5.88 Å². The Balaban J connectivity index is 1.31. The fourth-order valence-electron chi connectivity index (χ4n) is 3.75. The van der Waals surface area contributed by atoms with Crippen LogP contribution in [-0.2, 0) is 13.0 Å². The molecule has 2 aromatic heterocycles. The van der Waals surface area contributed by atoms with Crippen molar-refractivity contribution in [1.29, 1.82) is 0 Å². The molecule has 170 valence electrons. The molecule has 0 aliphatic heterocycles. The SMILES string of the molecule is CCc1cc(OCc2ccc(-c3ccccc3SNc3cc(C)no3)cc2)c2ccccc2n1. The van der Waals surface area contributed by atoms with E-state index in [0.717, 1.165) is 56.0 Å². The van der Waals surface area contributed by atoms with E-state index in [9.17, 15) is 0 Å². The highest BCUT2D eigenvalue weighted by atomic mass is 32.2. The zero-order chi connectivity index (χ0) is 23.3. The Labute approximate surface area is 203 Å². The van der Waals surface area contributed by atoms with Crippen molar-refractivity contribution >= 4 is 28.7 Å². The van der Waals surface area contributed by atoms with E-state index in [4.69, 9.17) is 14.2 Å². The van der Waals surface area contributed by atoms with Crippen LogP contribution in [0.25, 0.3) is 22.0 Å². The molecule has 2 heterocycles. The Morgan fingerprint density at radius 3 is 2.53 bits per heavy atom. The van der Waals surface area contributed by atoms with Gasteiger partial charge in [-0.3, -0.25) is 9.71 Å². The second-order valence-corrected chi connectivity index (χ2v) is 8.85. The molecule has 6 heteroatoms. The molecule has 0 saturated heterocycles. The third-order valence-electron chi connectivity index (χ3n) is 5.53. The summed E-state index contributed by atoms with van der Waals surface area (Å²) in [4.78, 5) is 5.81. The number of nitrogens with one attached hydrogen (secondary N) is 1. The van der Waals surface area contributed by atoms with E-state index >= 15 is 0 Å². The van der Waals surface area contributed by atoms with E-state index in [1.54, 1.807) is 0 Å². The van der Waals surface area contributed by atoms with E-state index in [-0.39, 0.29) is 0 Å². The number of ether oxygens (including phenoxy) is 1. The lowest BCUT2D eigenvalue weighted by Gasteiger charge is -2.12. The van der Waals surface area contributed by atoms with Crippen molar-refractivity contribution in [2.75, 3.05) is 4.72 Å². The van der Waals surface area contributed by atoms with Gasteiger partial charge in [0, 0.05) is 28.1 Å². The first-order valence-electron chi connectivity index (χ1n) is 11.3. The van der Waals surface area contributed by atoms with Crippen LogP contribution in [0.2, 0.25) is 0 Å². The van der Waals surface area contributed by atoms with Gasteiger partial charge in [0.1, 0.15) is 12.4 Å². The molecule has 0 aliphatic carbocycles. The highest BCUT2D eigenvalue weighted by molar-refractivity contribution is 8.00. The molecule has 0 spiro atoms. The number of hydrogen-bond donors (Lipinski definition) is 1. The van der Waals surface area contributed by atoms with Crippen molar-refractivity contribution in [2.24, 2.45) is 0 Å². The number of rotatable bonds is 8. The van der Waals surface area contributed by atoms with E-state index in [1.807, 2.05) is 43.3 Å². The minimum atomic E-state index is 0.500. The first-order chi connectivity index (χ1) is 16.7. The van der Waals surface area contributed by atoms with Gasteiger partial charge in [0.25, 0.3) is 0 Å². The van der Waals surface area contributed by atoms with Crippen molar-refractivity contribution in [3.8, 4) is 16.9 Å². The molecule has 1 N–H and O–H groups in total. The molecule has 0 aliphatic rings. The van der Waals surface area contributed by atoms with Gasteiger partial charge in [0.05, 0.1) is 11.2 Å². The van der Waals surface area contributed by atoms with Crippen molar-refractivity contribution < 1.29 is 9.26 Å². The normalized spacial score (nSPS) is 11.0. The summed E-state index contributed by atoms with van der Waals surface area (Å²) in [6.45, 7) is 4.51. The lowest BCUT2D eigenvalue weighted by atomic mass is 10.0. The number of fused-ring (bicyclic) bond motifs is 1. The van der Waals surface area contributed by atoms with E-state index in [0.29, 0.717) is 12.5 Å². The van der Waals surface area contributed by atoms with Gasteiger partial charge in [-0.05, 0) is 60.2 Å². The Hall–Kier alpha value is -3.77. The fourth-order valence-corrected chi connectivity index (χ4v) is 4.50. The van der Waals surface area contributed by atoms with Gasteiger partial charge in [-0.1, -0.05) is 66.7 Å². The lowest BCUT2D eigenvalue weighted by Crippen LogP contribution is -1.98.